The summed E-state index contributed by atoms with van der Waals surface area (Å²) < 4.78 is 0. The van der Waals surface area contributed by atoms with E-state index in [4.69, 9.17) is 0 Å². The van der Waals surface area contributed by atoms with Crippen molar-refractivity contribution in [3.05, 3.63) is 59.4 Å². The molecule has 1 aromatic heterocycles. The number of benzene rings is 1. The lowest BCUT2D eigenvalue weighted by molar-refractivity contribution is 0.583. The Morgan fingerprint density at radius 1 is 1.26 bits per heavy atom. The van der Waals surface area contributed by atoms with Gasteiger partial charge >= 0.3 is 0 Å². The molecule has 0 bridgehead atoms. The quantitative estimate of drug-likeness (QED) is 0.888. The molecule has 19 heavy (non-hydrogen) atoms. The SMILES string of the molecule is CCc1cccc(NC2CCCc3cccnc32)c1. The molecule has 0 aliphatic heterocycles. The number of nitrogens with one attached hydrogen (secondary N) is 1. The van der Waals surface area contributed by atoms with E-state index in [0.717, 1.165) is 12.8 Å². The van der Waals surface area contributed by atoms with Gasteiger partial charge in [0.2, 0.25) is 0 Å². The Bertz CT molecular complexity index is 563. The third-order valence-electron chi connectivity index (χ3n) is 3.87. The van der Waals surface area contributed by atoms with Crippen molar-refractivity contribution >= 4 is 5.69 Å². The fourth-order valence-electron chi connectivity index (χ4n) is 2.83. The molecular weight excluding hydrogens is 232 g/mol. The average Bonchev–Trinajstić information content (AvgIpc) is 2.48. The third kappa shape index (κ3) is 2.62. The summed E-state index contributed by atoms with van der Waals surface area (Å²) in [5, 5.41) is 3.65. The van der Waals surface area contributed by atoms with Gasteiger partial charge in [-0.3, -0.25) is 4.98 Å². The van der Waals surface area contributed by atoms with Crippen LogP contribution in [0.1, 0.15) is 42.6 Å². The fourth-order valence-corrected chi connectivity index (χ4v) is 2.83. The normalized spacial score (nSPS) is 17.8. The lowest BCUT2D eigenvalue weighted by Gasteiger charge is -2.26. The van der Waals surface area contributed by atoms with E-state index in [2.05, 4.69) is 47.6 Å². The maximum atomic E-state index is 4.58. The molecule has 0 fully saturated rings. The van der Waals surface area contributed by atoms with Crippen LogP contribution in [-0.2, 0) is 12.8 Å². The number of nitrogens with zero attached hydrogens (tertiary/aromatic N) is 1. The Balaban J connectivity index is 1.84. The molecular formula is C17H20N2. The van der Waals surface area contributed by atoms with Gasteiger partial charge in [0.05, 0.1) is 11.7 Å². The summed E-state index contributed by atoms with van der Waals surface area (Å²) in [7, 11) is 0. The maximum absolute atomic E-state index is 4.58. The predicted octanol–water partition coefficient (Wildman–Crippen LogP) is 4.13. The van der Waals surface area contributed by atoms with Crippen molar-refractivity contribution in [2.75, 3.05) is 5.32 Å². The van der Waals surface area contributed by atoms with Gasteiger partial charge in [-0.05, 0) is 55.0 Å². The summed E-state index contributed by atoms with van der Waals surface area (Å²) in [4.78, 5) is 4.58. The standard InChI is InChI=1S/C17H20N2/c1-2-13-6-3-9-15(12-13)19-16-10-4-7-14-8-5-11-18-17(14)16/h3,5-6,8-9,11-12,16,19H,2,4,7,10H2,1H3. The minimum absolute atomic E-state index is 0.358. The molecule has 0 spiro atoms. The topological polar surface area (TPSA) is 24.9 Å². The largest absolute Gasteiger partial charge is 0.377 e. The Kier molecular flexibility index (Phi) is 3.49. The van der Waals surface area contributed by atoms with E-state index in [-0.39, 0.29) is 0 Å². The molecule has 0 saturated heterocycles. The second-order valence-corrected chi connectivity index (χ2v) is 5.19. The molecule has 2 heteroatoms. The molecule has 0 saturated carbocycles. The van der Waals surface area contributed by atoms with Crippen LogP contribution in [0.5, 0.6) is 0 Å². The summed E-state index contributed by atoms with van der Waals surface area (Å²) in [5.41, 5.74) is 5.22. The van der Waals surface area contributed by atoms with Crippen LogP contribution in [0.15, 0.2) is 42.6 Å². The van der Waals surface area contributed by atoms with Crippen molar-refractivity contribution in [1.82, 2.24) is 4.98 Å². The van der Waals surface area contributed by atoms with Gasteiger partial charge in [-0.2, -0.15) is 0 Å². The second-order valence-electron chi connectivity index (χ2n) is 5.19. The minimum atomic E-state index is 0.358. The van der Waals surface area contributed by atoms with E-state index in [9.17, 15) is 0 Å². The molecule has 0 amide bonds. The first-order chi connectivity index (χ1) is 9.36. The zero-order valence-corrected chi connectivity index (χ0v) is 11.4. The van der Waals surface area contributed by atoms with Gasteiger partial charge in [-0.1, -0.05) is 25.1 Å². The fraction of sp³-hybridized carbons (Fsp3) is 0.353. The zero-order valence-electron chi connectivity index (χ0n) is 11.4. The Morgan fingerprint density at radius 3 is 3.11 bits per heavy atom. The molecule has 98 valence electrons. The van der Waals surface area contributed by atoms with Gasteiger partial charge in [0.15, 0.2) is 0 Å². The highest BCUT2D eigenvalue weighted by atomic mass is 14.9. The number of aromatic nitrogens is 1. The van der Waals surface area contributed by atoms with Crippen molar-refractivity contribution < 1.29 is 0 Å². The van der Waals surface area contributed by atoms with Crippen LogP contribution in [0, 0.1) is 0 Å². The average molecular weight is 252 g/mol. The first kappa shape index (κ1) is 12.2. The van der Waals surface area contributed by atoms with Crippen LogP contribution in [-0.4, -0.2) is 4.98 Å². The first-order valence-corrected chi connectivity index (χ1v) is 7.16. The summed E-state index contributed by atoms with van der Waals surface area (Å²) >= 11 is 0. The molecule has 2 aromatic rings. The van der Waals surface area contributed by atoms with Crippen molar-refractivity contribution in [2.45, 2.75) is 38.6 Å². The maximum Gasteiger partial charge on any atom is 0.0688 e. The van der Waals surface area contributed by atoms with Gasteiger partial charge in [0, 0.05) is 11.9 Å². The van der Waals surface area contributed by atoms with Gasteiger partial charge in [-0.25, -0.2) is 0 Å². The Hall–Kier alpha value is -1.83. The van der Waals surface area contributed by atoms with Crippen molar-refractivity contribution in [2.24, 2.45) is 0 Å². The third-order valence-corrected chi connectivity index (χ3v) is 3.87. The van der Waals surface area contributed by atoms with Crippen molar-refractivity contribution in [1.29, 1.82) is 0 Å². The number of hydrogen-bond donors (Lipinski definition) is 1. The molecule has 1 aromatic carbocycles. The number of aryl methyl sites for hydroxylation is 2. The molecule has 2 nitrogen and oxygen atoms in total. The predicted molar refractivity (Wildman–Crippen MR) is 79.4 cm³/mol. The molecule has 1 atom stereocenters. The lowest BCUT2D eigenvalue weighted by atomic mass is 9.91. The minimum Gasteiger partial charge on any atom is -0.377 e. The van der Waals surface area contributed by atoms with E-state index >= 15 is 0 Å². The van der Waals surface area contributed by atoms with Gasteiger partial charge < -0.3 is 5.32 Å². The lowest BCUT2D eigenvalue weighted by Crippen LogP contribution is -2.18. The van der Waals surface area contributed by atoms with Crippen LogP contribution in [0.2, 0.25) is 0 Å². The number of pyridine rings is 1. The summed E-state index contributed by atoms with van der Waals surface area (Å²) in [5.74, 6) is 0. The Labute approximate surface area is 114 Å². The summed E-state index contributed by atoms with van der Waals surface area (Å²) in [6.07, 6.45) is 6.55. The number of hydrogen-bond acceptors (Lipinski definition) is 2. The van der Waals surface area contributed by atoms with E-state index in [1.807, 2.05) is 12.3 Å². The smallest absolute Gasteiger partial charge is 0.0688 e. The highest BCUT2D eigenvalue weighted by Crippen LogP contribution is 2.30. The molecule has 1 heterocycles. The van der Waals surface area contributed by atoms with E-state index < -0.39 is 0 Å². The molecule has 1 aliphatic carbocycles. The van der Waals surface area contributed by atoms with Crippen LogP contribution in [0.4, 0.5) is 5.69 Å². The Morgan fingerprint density at radius 2 is 2.21 bits per heavy atom. The molecule has 0 radical (unpaired) electrons. The first-order valence-electron chi connectivity index (χ1n) is 7.16. The van der Waals surface area contributed by atoms with Gasteiger partial charge in [0.1, 0.15) is 0 Å². The van der Waals surface area contributed by atoms with E-state index in [1.54, 1.807) is 0 Å². The molecule has 1 aliphatic rings. The number of anilines is 1. The van der Waals surface area contributed by atoms with Crippen LogP contribution < -0.4 is 5.32 Å². The zero-order chi connectivity index (χ0) is 13.1. The van der Waals surface area contributed by atoms with Crippen molar-refractivity contribution in [3.63, 3.8) is 0 Å². The van der Waals surface area contributed by atoms with Crippen LogP contribution in [0.3, 0.4) is 0 Å². The van der Waals surface area contributed by atoms with Crippen LogP contribution >= 0.6 is 0 Å². The second kappa shape index (κ2) is 5.43. The van der Waals surface area contributed by atoms with Gasteiger partial charge in [0.25, 0.3) is 0 Å². The monoisotopic (exact) mass is 252 g/mol. The highest BCUT2D eigenvalue weighted by molar-refractivity contribution is 5.48. The van der Waals surface area contributed by atoms with Crippen LogP contribution in [0.25, 0.3) is 0 Å². The molecule has 3 rings (SSSR count). The van der Waals surface area contributed by atoms with Crippen molar-refractivity contribution in [3.8, 4) is 0 Å². The summed E-state index contributed by atoms with van der Waals surface area (Å²) in [6, 6.07) is 13.3. The van der Waals surface area contributed by atoms with Gasteiger partial charge in [-0.15, -0.1) is 0 Å². The number of rotatable bonds is 3. The highest BCUT2D eigenvalue weighted by Gasteiger charge is 2.20. The van der Waals surface area contributed by atoms with E-state index in [1.165, 1.54) is 35.3 Å². The molecule has 1 unspecified atom stereocenters. The molecule has 1 N–H and O–H groups in total. The van der Waals surface area contributed by atoms with E-state index in [0.29, 0.717) is 6.04 Å². The number of fused-ring (bicyclic) bond motifs is 1. The summed E-state index contributed by atoms with van der Waals surface area (Å²) in [6.45, 7) is 2.19.